The van der Waals surface area contributed by atoms with Gasteiger partial charge in [0, 0.05) is 44.5 Å². The lowest BCUT2D eigenvalue weighted by atomic mass is 9.73. The average molecular weight is 585 g/mol. The van der Waals surface area contributed by atoms with Gasteiger partial charge in [0.2, 0.25) is 0 Å². The summed E-state index contributed by atoms with van der Waals surface area (Å²) in [5.41, 5.74) is 13.7. The fourth-order valence-electron chi connectivity index (χ4n) is 6.58. The van der Waals surface area contributed by atoms with Crippen LogP contribution in [0.15, 0.2) is 42.5 Å². The van der Waals surface area contributed by atoms with Crippen LogP contribution in [0, 0.1) is 55.4 Å². The van der Waals surface area contributed by atoms with E-state index in [1.165, 1.54) is 0 Å². The molecule has 224 valence electrons. The van der Waals surface area contributed by atoms with Gasteiger partial charge in [-0.05, 0) is 123 Å². The first-order valence-corrected chi connectivity index (χ1v) is 15.1. The quantitative estimate of drug-likeness (QED) is 0.179. The molecule has 0 saturated heterocycles. The van der Waals surface area contributed by atoms with Crippen molar-refractivity contribution in [3.63, 3.8) is 0 Å². The van der Waals surface area contributed by atoms with Crippen molar-refractivity contribution in [2.45, 2.75) is 81.6 Å². The monoisotopic (exact) mass is 584 g/mol. The van der Waals surface area contributed by atoms with E-state index < -0.39 is 0 Å². The van der Waals surface area contributed by atoms with Gasteiger partial charge in [-0.1, -0.05) is 51.1 Å². The van der Waals surface area contributed by atoms with Gasteiger partial charge in [-0.3, -0.25) is 19.2 Å². The molecule has 4 aromatic rings. The summed E-state index contributed by atoms with van der Waals surface area (Å²) in [6, 6.07) is 12.6. The number of hydrogen-bond acceptors (Lipinski definition) is 4. The van der Waals surface area contributed by atoms with Crippen LogP contribution in [0.1, 0.15) is 135 Å². The van der Waals surface area contributed by atoms with Gasteiger partial charge < -0.3 is 0 Å². The van der Waals surface area contributed by atoms with E-state index in [4.69, 9.17) is 0 Å². The molecule has 0 unspecified atom stereocenters. The van der Waals surface area contributed by atoms with Gasteiger partial charge in [-0.15, -0.1) is 0 Å². The van der Waals surface area contributed by atoms with E-state index in [-0.39, 0.29) is 28.5 Å². The Morgan fingerprint density at radius 2 is 0.705 bits per heavy atom. The Balaban J connectivity index is 0.000000177. The first kappa shape index (κ1) is 31.0. The second kappa shape index (κ2) is 10.6. The summed E-state index contributed by atoms with van der Waals surface area (Å²) in [4.78, 5) is 51.8. The second-order valence-corrected chi connectivity index (χ2v) is 13.4. The van der Waals surface area contributed by atoms with Crippen molar-refractivity contribution in [2.24, 2.45) is 0 Å². The fourth-order valence-corrected chi connectivity index (χ4v) is 6.58. The number of fused-ring (bicyclic) bond motifs is 4. The Kier molecular flexibility index (Phi) is 7.48. The van der Waals surface area contributed by atoms with E-state index in [0.717, 1.165) is 50.1 Å². The highest BCUT2D eigenvalue weighted by Crippen LogP contribution is 2.39. The summed E-state index contributed by atoms with van der Waals surface area (Å²) in [5, 5.41) is 0. The lowest BCUT2D eigenvalue weighted by molar-refractivity contribution is 0.0976. The highest BCUT2D eigenvalue weighted by Gasteiger charge is 2.37. The number of carbonyl (C=O) groups excluding carboxylic acids is 4. The maximum atomic E-state index is 13.4. The molecule has 0 aliphatic heterocycles. The minimum absolute atomic E-state index is 0.00648. The van der Waals surface area contributed by atoms with Crippen LogP contribution in [0.3, 0.4) is 0 Å². The Hall–Kier alpha value is -4.44. The Bertz CT molecular complexity index is 1820. The summed E-state index contributed by atoms with van der Waals surface area (Å²) in [6.45, 7) is 22.2. The van der Waals surface area contributed by atoms with Crippen molar-refractivity contribution in [3.05, 3.63) is 137 Å². The number of carbonyl (C=O) groups is 4. The van der Waals surface area contributed by atoms with Crippen LogP contribution in [0.25, 0.3) is 0 Å². The van der Waals surface area contributed by atoms with Gasteiger partial charge >= 0.3 is 0 Å². The summed E-state index contributed by atoms with van der Waals surface area (Å²) in [7, 11) is 0. The minimum Gasteiger partial charge on any atom is -0.289 e. The van der Waals surface area contributed by atoms with Gasteiger partial charge in [0.15, 0.2) is 23.1 Å². The highest BCUT2D eigenvalue weighted by atomic mass is 16.1. The maximum Gasteiger partial charge on any atom is 0.195 e. The molecule has 0 bridgehead atoms. The topological polar surface area (TPSA) is 68.3 Å². The van der Waals surface area contributed by atoms with Crippen molar-refractivity contribution < 1.29 is 19.2 Å². The smallest absolute Gasteiger partial charge is 0.195 e. The lowest BCUT2D eigenvalue weighted by Crippen LogP contribution is -2.27. The molecule has 2 aliphatic carbocycles. The Morgan fingerprint density at radius 3 is 1.05 bits per heavy atom. The number of benzene rings is 4. The largest absolute Gasteiger partial charge is 0.289 e. The molecule has 4 nitrogen and oxygen atoms in total. The van der Waals surface area contributed by atoms with Crippen LogP contribution in [0.2, 0.25) is 0 Å². The van der Waals surface area contributed by atoms with Crippen molar-refractivity contribution in [1.82, 2.24) is 0 Å². The van der Waals surface area contributed by atoms with Crippen LogP contribution in [0.5, 0.6) is 0 Å². The molecule has 4 aromatic carbocycles. The van der Waals surface area contributed by atoms with Crippen LogP contribution in [-0.2, 0) is 5.41 Å². The summed E-state index contributed by atoms with van der Waals surface area (Å²) in [5.74, 6) is -0.101. The average Bonchev–Trinajstić information content (AvgIpc) is 2.99. The molecular formula is C40H40O4. The third-order valence-electron chi connectivity index (χ3n) is 10.1. The summed E-state index contributed by atoms with van der Waals surface area (Å²) < 4.78 is 0. The van der Waals surface area contributed by atoms with Crippen molar-refractivity contribution in [1.29, 1.82) is 0 Å². The normalized spacial score (nSPS) is 13.5. The standard InChI is InChI=1S/C22H24O2.C18H16O2/c1-9-10(2)14(6)18-17(13(9)5)21(23)19-15(7)11(3)12(4)16(8)20(19)22(18)24;1-18(2,3)11-8-9-14-15(10-11)17(20)13-7-5-4-6-12(13)16(14)19/h1-8H3;4-10H,1-3H3. The molecule has 0 atom stereocenters. The van der Waals surface area contributed by atoms with Gasteiger partial charge in [-0.2, -0.15) is 0 Å². The molecular weight excluding hydrogens is 544 g/mol. The number of rotatable bonds is 0. The zero-order chi connectivity index (χ0) is 32.6. The van der Waals surface area contributed by atoms with Gasteiger partial charge in [0.1, 0.15) is 0 Å². The van der Waals surface area contributed by atoms with Crippen molar-refractivity contribution in [3.8, 4) is 0 Å². The van der Waals surface area contributed by atoms with E-state index >= 15 is 0 Å². The number of ketones is 4. The predicted molar refractivity (Wildman–Crippen MR) is 176 cm³/mol. The third-order valence-corrected chi connectivity index (χ3v) is 10.1. The molecule has 0 N–H and O–H groups in total. The molecule has 6 rings (SSSR count). The molecule has 0 heterocycles. The summed E-state index contributed by atoms with van der Waals surface area (Å²) in [6.07, 6.45) is 0. The Labute approximate surface area is 260 Å². The van der Waals surface area contributed by atoms with Crippen LogP contribution >= 0.6 is 0 Å². The zero-order valence-corrected chi connectivity index (χ0v) is 27.7. The minimum atomic E-state index is -0.0596. The zero-order valence-electron chi connectivity index (χ0n) is 27.7. The van der Waals surface area contributed by atoms with Crippen LogP contribution in [-0.4, -0.2) is 23.1 Å². The Morgan fingerprint density at radius 1 is 0.386 bits per heavy atom. The van der Waals surface area contributed by atoms with Crippen molar-refractivity contribution >= 4 is 23.1 Å². The van der Waals surface area contributed by atoms with Crippen LogP contribution < -0.4 is 0 Å². The molecule has 0 spiro atoms. The fraction of sp³-hybridized carbons (Fsp3) is 0.300. The molecule has 2 aliphatic rings. The van der Waals surface area contributed by atoms with E-state index in [2.05, 4.69) is 20.8 Å². The highest BCUT2D eigenvalue weighted by molar-refractivity contribution is 6.31. The number of hydrogen-bond donors (Lipinski definition) is 0. The van der Waals surface area contributed by atoms with Crippen molar-refractivity contribution in [2.75, 3.05) is 0 Å². The lowest BCUT2D eigenvalue weighted by Gasteiger charge is -2.28. The van der Waals surface area contributed by atoms with E-state index in [1.54, 1.807) is 30.3 Å². The molecule has 0 amide bonds. The molecule has 0 fully saturated rings. The first-order chi connectivity index (χ1) is 20.5. The molecule has 4 heteroatoms. The molecule has 44 heavy (non-hydrogen) atoms. The van der Waals surface area contributed by atoms with Crippen LogP contribution in [0.4, 0.5) is 0 Å². The third kappa shape index (κ3) is 4.51. The second-order valence-electron chi connectivity index (χ2n) is 13.4. The van der Waals surface area contributed by atoms with E-state index in [0.29, 0.717) is 44.5 Å². The SMILES string of the molecule is CC(C)(C)c1ccc2c(c1)C(=O)c1ccccc1C2=O.Cc1c(C)c(C)c2c(c1C)C(=O)c1c(C)c(C)c(C)c(C)c1C2=O. The van der Waals surface area contributed by atoms with E-state index in [1.807, 2.05) is 67.5 Å². The molecule has 0 radical (unpaired) electrons. The molecule has 0 saturated carbocycles. The molecule has 0 aromatic heterocycles. The van der Waals surface area contributed by atoms with Gasteiger partial charge in [-0.25, -0.2) is 0 Å². The summed E-state index contributed by atoms with van der Waals surface area (Å²) >= 11 is 0. The first-order valence-electron chi connectivity index (χ1n) is 15.1. The van der Waals surface area contributed by atoms with E-state index in [9.17, 15) is 19.2 Å². The maximum absolute atomic E-state index is 13.4. The van der Waals surface area contributed by atoms with Gasteiger partial charge in [0.05, 0.1) is 0 Å². The predicted octanol–water partition coefficient (Wildman–Crippen LogP) is 8.69. The van der Waals surface area contributed by atoms with Gasteiger partial charge in [0.25, 0.3) is 0 Å².